The molecule has 0 saturated carbocycles. The molecule has 0 saturated heterocycles. The van der Waals surface area contributed by atoms with Gasteiger partial charge in [0, 0.05) is 17.8 Å². The maximum Gasteiger partial charge on any atom is 0.408 e. The van der Waals surface area contributed by atoms with Crippen LogP contribution in [0, 0.1) is 23.3 Å². The van der Waals surface area contributed by atoms with Gasteiger partial charge >= 0.3 is 6.09 Å². The van der Waals surface area contributed by atoms with E-state index in [2.05, 4.69) is 16.0 Å². The van der Waals surface area contributed by atoms with Crippen LogP contribution in [0.3, 0.4) is 0 Å². The highest BCUT2D eigenvalue weighted by atomic mass is 19.1. The first-order valence-corrected chi connectivity index (χ1v) is 8.86. The number of nitrogens with one attached hydrogen (secondary N) is 3. The molecule has 162 valence electrons. The van der Waals surface area contributed by atoms with Crippen molar-refractivity contribution in [1.82, 2.24) is 5.32 Å². The van der Waals surface area contributed by atoms with Gasteiger partial charge in [-0.05, 0) is 45.9 Å². The van der Waals surface area contributed by atoms with E-state index in [0.717, 1.165) is 18.2 Å². The normalized spacial score (nSPS) is 12.1. The predicted molar refractivity (Wildman–Crippen MR) is 103 cm³/mol. The second kappa shape index (κ2) is 9.02. The van der Waals surface area contributed by atoms with Gasteiger partial charge < -0.3 is 20.7 Å². The molecule has 0 unspecified atom stereocenters. The number of anilines is 3. The van der Waals surface area contributed by atoms with Crippen LogP contribution in [-0.4, -0.2) is 23.6 Å². The smallest absolute Gasteiger partial charge is 0.408 e. The average Bonchev–Trinajstić information content (AvgIpc) is 2.54. The molecule has 10 heteroatoms. The van der Waals surface area contributed by atoms with Gasteiger partial charge in [-0.15, -0.1) is 0 Å². The molecule has 3 N–H and O–H groups in total. The molecule has 2 rings (SSSR count). The van der Waals surface area contributed by atoms with E-state index in [9.17, 15) is 27.2 Å². The van der Waals surface area contributed by atoms with Gasteiger partial charge in [0.2, 0.25) is 5.91 Å². The summed E-state index contributed by atoms with van der Waals surface area (Å²) in [5.41, 5.74) is -1.67. The summed E-state index contributed by atoms with van der Waals surface area (Å²) in [4.78, 5) is 24.2. The van der Waals surface area contributed by atoms with Crippen LogP contribution in [0.15, 0.2) is 30.3 Å². The van der Waals surface area contributed by atoms with E-state index in [1.807, 2.05) is 0 Å². The van der Waals surface area contributed by atoms with E-state index in [1.165, 1.54) is 6.92 Å². The molecule has 0 aliphatic carbocycles. The number of ether oxygens (including phenoxy) is 1. The highest BCUT2D eigenvalue weighted by molar-refractivity contribution is 5.99. The summed E-state index contributed by atoms with van der Waals surface area (Å²) < 4.78 is 59.8. The summed E-state index contributed by atoms with van der Waals surface area (Å²) in [6, 6.07) is 2.67. The summed E-state index contributed by atoms with van der Waals surface area (Å²) >= 11 is 0. The van der Waals surface area contributed by atoms with Crippen LogP contribution in [0.4, 0.5) is 39.4 Å². The van der Waals surface area contributed by atoms with Gasteiger partial charge in [0.05, 0.1) is 5.69 Å². The minimum absolute atomic E-state index is 0.132. The van der Waals surface area contributed by atoms with E-state index >= 15 is 0 Å². The van der Waals surface area contributed by atoms with Crippen molar-refractivity contribution in [3.8, 4) is 0 Å². The molecule has 0 fully saturated rings. The van der Waals surface area contributed by atoms with Crippen molar-refractivity contribution < 1.29 is 31.9 Å². The maximum atomic E-state index is 14.3. The Morgan fingerprint density at radius 2 is 1.50 bits per heavy atom. The molecule has 0 spiro atoms. The molecule has 30 heavy (non-hydrogen) atoms. The van der Waals surface area contributed by atoms with Crippen molar-refractivity contribution in [3.05, 3.63) is 53.6 Å². The number of hydrogen-bond acceptors (Lipinski definition) is 4. The Morgan fingerprint density at radius 1 is 0.933 bits per heavy atom. The predicted octanol–water partition coefficient (Wildman–Crippen LogP) is 4.84. The van der Waals surface area contributed by atoms with E-state index < -0.39 is 52.6 Å². The SMILES string of the molecule is C[C@H](NC(=O)OC(C)(C)C)C(=O)Nc1c(F)cc(F)cc1Nc1cc(F)cc(F)c1. The third-order valence-electron chi connectivity index (χ3n) is 3.57. The van der Waals surface area contributed by atoms with Crippen LogP contribution in [-0.2, 0) is 9.53 Å². The van der Waals surface area contributed by atoms with Gasteiger partial charge in [0.15, 0.2) is 5.82 Å². The first-order valence-electron chi connectivity index (χ1n) is 8.86. The molecule has 2 amide bonds. The Hall–Kier alpha value is -3.30. The molecule has 0 bridgehead atoms. The second-order valence-corrected chi connectivity index (χ2v) is 7.45. The molecule has 2 aromatic rings. The number of hydrogen-bond donors (Lipinski definition) is 3. The summed E-state index contributed by atoms with van der Waals surface area (Å²) in [7, 11) is 0. The molecule has 0 aliphatic rings. The van der Waals surface area contributed by atoms with E-state index in [-0.39, 0.29) is 11.4 Å². The molecular formula is C20H21F4N3O3. The van der Waals surface area contributed by atoms with Crippen molar-refractivity contribution in [2.45, 2.75) is 39.3 Å². The number of carbonyl (C=O) groups excluding carboxylic acids is 2. The number of halogens is 4. The van der Waals surface area contributed by atoms with E-state index in [4.69, 9.17) is 4.74 Å². The minimum Gasteiger partial charge on any atom is -0.444 e. The fourth-order valence-corrected chi connectivity index (χ4v) is 2.36. The maximum absolute atomic E-state index is 14.3. The van der Waals surface area contributed by atoms with Gasteiger partial charge in [-0.3, -0.25) is 4.79 Å². The van der Waals surface area contributed by atoms with Gasteiger partial charge in [0.1, 0.15) is 34.8 Å². The minimum atomic E-state index is -1.14. The Kier molecular flexibility index (Phi) is 6.91. The number of alkyl carbamates (subject to hydrolysis) is 1. The number of benzene rings is 2. The summed E-state index contributed by atoms with van der Waals surface area (Å²) in [6.45, 7) is 6.24. The van der Waals surface area contributed by atoms with E-state index in [1.54, 1.807) is 20.8 Å². The Labute approximate surface area is 170 Å². The van der Waals surface area contributed by atoms with Crippen LogP contribution in [0.1, 0.15) is 27.7 Å². The zero-order valence-electron chi connectivity index (χ0n) is 16.7. The highest BCUT2D eigenvalue weighted by Crippen LogP contribution is 2.30. The molecule has 6 nitrogen and oxygen atoms in total. The second-order valence-electron chi connectivity index (χ2n) is 7.45. The quantitative estimate of drug-likeness (QED) is 0.597. The van der Waals surface area contributed by atoms with Crippen LogP contribution in [0.5, 0.6) is 0 Å². The van der Waals surface area contributed by atoms with Crippen molar-refractivity contribution in [1.29, 1.82) is 0 Å². The fourth-order valence-electron chi connectivity index (χ4n) is 2.36. The molecule has 0 aromatic heterocycles. The lowest BCUT2D eigenvalue weighted by Crippen LogP contribution is -2.44. The Bertz CT molecular complexity index is 941. The van der Waals surface area contributed by atoms with Crippen molar-refractivity contribution in [2.75, 3.05) is 10.6 Å². The number of amides is 2. The zero-order chi connectivity index (χ0) is 22.6. The van der Waals surface area contributed by atoms with Crippen LogP contribution < -0.4 is 16.0 Å². The van der Waals surface area contributed by atoms with Gasteiger partial charge in [-0.1, -0.05) is 0 Å². The van der Waals surface area contributed by atoms with Crippen molar-refractivity contribution in [3.63, 3.8) is 0 Å². The first-order chi connectivity index (χ1) is 13.8. The lowest BCUT2D eigenvalue weighted by molar-refractivity contribution is -0.117. The van der Waals surface area contributed by atoms with Gasteiger partial charge in [-0.2, -0.15) is 0 Å². The summed E-state index contributed by atoms with van der Waals surface area (Å²) in [5.74, 6) is -4.76. The average molecular weight is 427 g/mol. The third kappa shape index (κ3) is 6.64. The molecule has 2 aromatic carbocycles. The Balaban J connectivity index is 2.22. The van der Waals surface area contributed by atoms with Crippen LogP contribution >= 0.6 is 0 Å². The fraction of sp³-hybridized carbons (Fsp3) is 0.300. The third-order valence-corrected chi connectivity index (χ3v) is 3.57. The molecule has 1 atom stereocenters. The highest BCUT2D eigenvalue weighted by Gasteiger charge is 2.23. The van der Waals surface area contributed by atoms with Gasteiger partial charge in [0.25, 0.3) is 0 Å². The first kappa shape index (κ1) is 23.0. The molecule has 0 radical (unpaired) electrons. The van der Waals surface area contributed by atoms with Crippen LogP contribution in [0.25, 0.3) is 0 Å². The van der Waals surface area contributed by atoms with E-state index in [0.29, 0.717) is 12.1 Å². The Morgan fingerprint density at radius 3 is 2.07 bits per heavy atom. The number of carbonyl (C=O) groups is 2. The summed E-state index contributed by atoms with van der Waals surface area (Å²) in [6.07, 6.45) is -0.863. The summed E-state index contributed by atoms with van der Waals surface area (Å²) in [5, 5.41) is 6.97. The largest absolute Gasteiger partial charge is 0.444 e. The lowest BCUT2D eigenvalue weighted by Gasteiger charge is -2.22. The molecular weight excluding hydrogens is 406 g/mol. The van der Waals surface area contributed by atoms with Crippen molar-refractivity contribution in [2.24, 2.45) is 0 Å². The molecule has 0 heterocycles. The zero-order valence-corrected chi connectivity index (χ0v) is 16.7. The topological polar surface area (TPSA) is 79.5 Å². The standard InChI is InChI=1S/C20H21F4N3O3/c1-10(25-19(29)30-20(2,3)4)18(28)27-17-15(24)8-13(23)9-16(17)26-14-6-11(21)5-12(22)7-14/h5-10,26H,1-4H3,(H,25,29)(H,27,28)/t10-/m0/s1. The van der Waals surface area contributed by atoms with Crippen LogP contribution in [0.2, 0.25) is 0 Å². The monoisotopic (exact) mass is 427 g/mol. The molecule has 0 aliphatic heterocycles. The van der Waals surface area contributed by atoms with Crippen molar-refractivity contribution >= 4 is 29.1 Å². The lowest BCUT2D eigenvalue weighted by atomic mass is 10.2. The number of rotatable bonds is 5. The van der Waals surface area contributed by atoms with Gasteiger partial charge in [-0.25, -0.2) is 22.4 Å².